The second-order valence-corrected chi connectivity index (χ2v) is 11.4. The largest absolute Gasteiger partial charge is 0.783 e. The van der Waals surface area contributed by atoms with Gasteiger partial charge < -0.3 is 19.8 Å². The third-order valence-electron chi connectivity index (χ3n) is 9.77. The van der Waals surface area contributed by atoms with Gasteiger partial charge in [-0.15, -0.1) is 10.1 Å². The minimum atomic E-state index is -0.615. The van der Waals surface area contributed by atoms with Gasteiger partial charge in [-0.2, -0.15) is 0 Å². The second kappa shape index (κ2) is 6.54. The van der Waals surface area contributed by atoms with E-state index in [9.17, 15) is 15.3 Å². The molecule has 1 saturated heterocycles. The number of ether oxygens (including phenoxy) is 1. The normalized spacial score (nSPS) is 51.3. The molecule has 1 aliphatic heterocycles. The van der Waals surface area contributed by atoms with Crippen LogP contribution < -0.4 is 0 Å². The van der Waals surface area contributed by atoms with E-state index in [-0.39, 0.29) is 11.5 Å². The lowest BCUT2D eigenvalue weighted by atomic mass is 9.46. The maximum Gasteiger partial charge on any atom is 0.294 e. The van der Waals surface area contributed by atoms with E-state index in [1.807, 2.05) is 13.8 Å². The van der Waals surface area contributed by atoms with Crippen molar-refractivity contribution in [2.75, 3.05) is 6.61 Å². The van der Waals surface area contributed by atoms with Gasteiger partial charge >= 0.3 is 0 Å². The zero-order chi connectivity index (χ0) is 20.6. The van der Waals surface area contributed by atoms with Crippen LogP contribution in [0.1, 0.15) is 78.6 Å². The van der Waals surface area contributed by atoms with Gasteiger partial charge in [0.15, 0.2) is 0 Å². The van der Waals surface area contributed by atoms with Crippen molar-refractivity contribution < 1.29 is 14.7 Å². The summed E-state index contributed by atoms with van der Waals surface area (Å²) >= 11 is 0. The van der Waals surface area contributed by atoms with Crippen LogP contribution in [0.3, 0.4) is 0 Å². The molecule has 5 aliphatic rings. The summed E-state index contributed by atoms with van der Waals surface area (Å²) in [6.07, 6.45) is 9.00. The van der Waals surface area contributed by atoms with Gasteiger partial charge in [0.25, 0.3) is 5.09 Å². The lowest BCUT2D eigenvalue weighted by Crippen LogP contribution is -2.58. The van der Waals surface area contributed by atoms with E-state index >= 15 is 0 Å². The van der Waals surface area contributed by atoms with E-state index in [1.165, 1.54) is 11.5 Å². The Morgan fingerprint density at radius 3 is 2.41 bits per heavy atom. The van der Waals surface area contributed by atoms with E-state index in [1.54, 1.807) is 0 Å². The summed E-state index contributed by atoms with van der Waals surface area (Å²) in [7, 11) is 0. The first-order valence-corrected chi connectivity index (χ1v) is 11.6. The van der Waals surface area contributed by atoms with Gasteiger partial charge in [-0.1, -0.05) is 6.92 Å². The van der Waals surface area contributed by atoms with Crippen molar-refractivity contribution in [1.82, 2.24) is 5.06 Å². The lowest BCUT2D eigenvalue weighted by molar-refractivity contribution is -0.770. The second-order valence-electron chi connectivity index (χ2n) is 11.4. The Bertz CT molecular complexity index is 686. The van der Waals surface area contributed by atoms with Crippen LogP contribution in [-0.2, 0) is 9.57 Å². The minimum Gasteiger partial charge on any atom is -0.783 e. The summed E-state index contributed by atoms with van der Waals surface area (Å²) in [5, 5.41) is 24.6. The van der Waals surface area contributed by atoms with E-state index < -0.39 is 16.4 Å². The van der Waals surface area contributed by atoms with Crippen LogP contribution in [0.5, 0.6) is 0 Å². The Labute approximate surface area is 173 Å². The van der Waals surface area contributed by atoms with E-state index in [2.05, 4.69) is 6.92 Å². The van der Waals surface area contributed by atoms with Crippen LogP contribution in [0.25, 0.3) is 0 Å². The average Bonchev–Trinajstić information content (AvgIpc) is 3.17. The highest BCUT2D eigenvalue weighted by Crippen LogP contribution is 2.65. The van der Waals surface area contributed by atoms with Crippen molar-refractivity contribution in [3.05, 3.63) is 15.3 Å². The zero-order valence-electron chi connectivity index (χ0n) is 18.0. The number of rotatable bonds is 2. The summed E-state index contributed by atoms with van der Waals surface area (Å²) < 4.78 is 6.19. The summed E-state index contributed by atoms with van der Waals surface area (Å²) in [5.41, 5.74) is -0.785. The van der Waals surface area contributed by atoms with Crippen molar-refractivity contribution in [2.45, 2.75) is 95.9 Å². The Morgan fingerprint density at radius 2 is 1.72 bits per heavy atom. The van der Waals surface area contributed by atoms with E-state index in [4.69, 9.17) is 9.57 Å². The molecular weight excluding hydrogens is 372 g/mol. The Morgan fingerprint density at radius 1 is 1.00 bits per heavy atom. The fraction of sp³-hybridized carbons (Fsp3) is 1.00. The fourth-order valence-electron chi connectivity index (χ4n) is 8.35. The molecule has 1 heterocycles. The molecule has 5 fully saturated rings. The van der Waals surface area contributed by atoms with Crippen LogP contribution in [0.2, 0.25) is 0 Å². The van der Waals surface area contributed by atoms with Crippen LogP contribution in [0, 0.1) is 50.3 Å². The number of hydrogen-bond acceptors (Lipinski definition) is 6. The first-order chi connectivity index (χ1) is 13.7. The minimum absolute atomic E-state index is 0.195. The van der Waals surface area contributed by atoms with Crippen LogP contribution in [0.15, 0.2) is 0 Å². The fourth-order valence-corrected chi connectivity index (χ4v) is 8.35. The Balaban J connectivity index is 1.34. The first-order valence-electron chi connectivity index (χ1n) is 11.6. The maximum absolute atomic E-state index is 13.1. The van der Waals surface area contributed by atoms with Crippen molar-refractivity contribution in [2.24, 2.45) is 35.0 Å². The predicted molar refractivity (Wildman–Crippen MR) is 107 cm³/mol. The van der Waals surface area contributed by atoms with Crippen LogP contribution in [0.4, 0.5) is 0 Å². The molecule has 5 rings (SSSR count). The molecule has 164 valence electrons. The molecule has 7 nitrogen and oxygen atoms in total. The highest BCUT2D eigenvalue weighted by molar-refractivity contribution is 5.10. The third kappa shape index (κ3) is 2.87. The molecule has 0 aromatic carbocycles. The van der Waals surface area contributed by atoms with Gasteiger partial charge in [-0.3, -0.25) is 0 Å². The molecule has 0 aromatic heterocycles. The molecule has 0 bridgehead atoms. The van der Waals surface area contributed by atoms with Crippen molar-refractivity contribution in [3.63, 3.8) is 0 Å². The summed E-state index contributed by atoms with van der Waals surface area (Å²) in [6, 6.07) is 0. The summed E-state index contributed by atoms with van der Waals surface area (Å²) in [4.78, 5) is 15.9. The zero-order valence-corrected chi connectivity index (χ0v) is 18.0. The molecule has 4 aliphatic carbocycles. The summed E-state index contributed by atoms with van der Waals surface area (Å²) in [6.45, 7) is 6.97. The molecule has 7 heteroatoms. The maximum atomic E-state index is 13.1. The number of nitrogens with zero attached hydrogens (tertiary/aromatic N) is 2. The number of fused-ring (bicyclic) bond motifs is 5. The molecule has 0 radical (unpaired) electrons. The van der Waals surface area contributed by atoms with Gasteiger partial charge in [-0.05, 0) is 107 Å². The van der Waals surface area contributed by atoms with Gasteiger partial charge in [-0.25, -0.2) is 0 Å². The molecule has 6 unspecified atom stereocenters. The van der Waals surface area contributed by atoms with Gasteiger partial charge in [0.1, 0.15) is 11.8 Å². The summed E-state index contributed by atoms with van der Waals surface area (Å²) in [5.74, 6) is 2.79. The van der Waals surface area contributed by atoms with Gasteiger partial charge in [0, 0.05) is 5.54 Å². The monoisotopic (exact) mass is 407 g/mol. The highest BCUT2D eigenvalue weighted by Gasteiger charge is 2.61. The highest BCUT2D eigenvalue weighted by atomic mass is 17.0. The third-order valence-corrected chi connectivity index (χ3v) is 9.77. The Hall–Kier alpha value is -0.920. The number of hydrogen-bond donors (Lipinski definition) is 0. The SMILES string of the molecule is CC1(C)COC2(CC[C@@]3(C)C(CCC4C5CC[C@@H](O[N+](=O)[O-])C5CCC43)C2)N1[O-]. The predicted octanol–water partition coefficient (Wildman–Crippen LogP) is 4.52. The smallest absolute Gasteiger partial charge is 0.294 e. The molecule has 0 amide bonds. The molecular formula is C22H35N2O5-. The topological polar surface area (TPSA) is 87.9 Å². The molecule has 29 heavy (non-hydrogen) atoms. The van der Waals surface area contributed by atoms with E-state index in [0.717, 1.165) is 51.4 Å². The molecule has 4 saturated carbocycles. The quantitative estimate of drug-likeness (QED) is 0.494. The molecule has 1 spiro atoms. The van der Waals surface area contributed by atoms with Gasteiger partial charge in [0.2, 0.25) is 0 Å². The standard InChI is InChI=1S/C22H35N2O5/c1-20(2)13-28-22(23(20)25)11-10-21(3)14(12-22)4-5-16-15-7-9-19(29-24(26)27)17(15)6-8-18(16)21/h14-19H,4-13H2,1-3H3/q-1/t14?,15?,16?,17?,18?,19-,21+,22?/m1/s1. The van der Waals surface area contributed by atoms with Gasteiger partial charge in [0.05, 0.1) is 6.61 Å². The van der Waals surface area contributed by atoms with Crippen molar-refractivity contribution >= 4 is 0 Å². The van der Waals surface area contributed by atoms with Crippen LogP contribution >= 0.6 is 0 Å². The van der Waals surface area contributed by atoms with Crippen molar-refractivity contribution in [1.29, 1.82) is 0 Å². The van der Waals surface area contributed by atoms with Crippen molar-refractivity contribution in [3.8, 4) is 0 Å². The number of hydroxylamine groups is 2. The lowest BCUT2D eigenvalue weighted by Gasteiger charge is -2.62. The van der Waals surface area contributed by atoms with E-state index in [0.29, 0.717) is 36.2 Å². The first kappa shape index (κ1) is 20.0. The average molecular weight is 408 g/mol. The Kier molecular flexibility index (Phi) is 4.51. The van der Waals surface area contributed by atoms with Crippen LogP contribution in [-0.4, -0.2) is 34.1 Å². The molecule has 0 N–H and O–H groups in total. The molecule has 0 aromatic rings. The molecule has 8 atom stereocenters.